The summed E-state index contributed by atoms with van der Waals surface area (Å²) in [5.74, 6) is 0.803. The van der Waals surface area contributed by atoms with Gasteiger partial charge in [-0.05, 0) is 80.8 Å². The van der Waals surface area contributed by atoms with Crippen molar-refractivity contribution in [2.45, 2.75) is 43.5 Å². The van der Waals surface area contributed by atoms with Crippen molar-refractivity contribution in [3.63, 3.8) is 0 Å². The van der Waals surface area contributed by atoms with Gasteiger partial charge in [0.15, 0.2) is 0 Å². The summed E-state index contributed by atoms with van der Waals surface area (Å²) in [5, 5.41) is 9.92. The molecule has 1 aliphatic heterocycles. The van der Waals surface area contributed by atoms with Crippen LogP contribution in [0.4, 0.5) is 4.39 Å². The summed E-state index contributed by atoms with van der Waals surface area (Å²) >= 11 is 9.03. The van der Waals surface area contributed by atoms with Gasteiger partial charge in [0.25, 0.3) is 0 Å². The Morgan fingerprint density at radius 3 is 2.59 bits per heavy atom. The number of nitrogens with one attached hydrogen (secondary N) is 1. The summed E-state index contributed by atoms with van der Waals surface area (Å²) in [7, 11) is 0. The second-order valence-corrected chi connectivity index (χ2v) is 11.1. The maximum atomic E-state index is 13.7. The molecule has 1 fully saturated rings. The molecular weight excluding hydrogens is 461 g/mol. The molecule has 170 valence electrons. The van der Waals surface area contributed by atoms with E-state index in [0.717, 1.165) is 71.9 Å². The molecule has 3 nitrogen and oxygen atoms in total. The number of likely N-dealkylation sites (tertiary alicyclic amines) is 1. The molecule has 32 heavy (non-hydrogen) atoms. The van der Waals surface area contributed by atoms with Crippen LogP contribution in [-0.2, 0) is 6.42 Å². The van der Waals surface area contributed by atoms with Crippen molar-refractivity contribution in [3.05, 3.63) is 65.1 Å². The number of nitrogens with zero attached hydrogens (tertiary/aromatic N) is 2. The fourth-order valence-electron chi connectivity index (χ4n) is 4.46. The van der Waals surface area contributed by atoms with Crippen molar-refractivity contribution >= 4 is 50.4 Å². The van der Waals surface area contributed by atoms with Gasteiger partial charge in [0.05, 0.1) is 0 Å². The molecule has 2 heterocycles. The van der Waals surface area contributed by atoms with Gasteiger partial charge in [-0.25, -0.2) is 4.39 Å². The standard InChI is InChI=1S/C25H29ClFN3S2/c1-2-21-17-18-16-20(27)6-9-24(18)30(21)22-10-13-29(14-11-22)12-3-15-31-25(28)32-23-7-4-19(26)5-8-23/h4-9,16-17,22,28H,2-3,10-15H2,1H3. The predicted octanol–water partition coefficient (Wildman–Crippen LogP) is 7.48. The van der Waals surface area contributed by atoms with E-state index in [1.54, 1.807) is 23.9 Å². The molecule has 1 saturated heterocycles. The molecule has 0 spiro atoms. The number of hydrogen-bond acceptors (Lipinski definition) is 4. The van der Waals surface area contributed by atoms with Crippen LogP contribution in [0.2, 0.25) is 5.02 Å². The molecule has 0 radical (unpaired) electrons. The summed E-state index contributed by atoms with van der Waals surface area (Å²) in [6.45, 7) is 5.44. The normalized spacial score (nSPS) is 15.5. The monoisotopic (exact) mass is 489 g/mol. The Hall–Kier alpha value is -1.47. The zero-order valence-electron chi connectivity index (χ0n) is 18.3. The number of fused-ring (bicyclic) bond motifs is 1. The first-order valence-electron chi connectivity index (χ1n) is 11.2. The lowest BCUT2D eigenvalue weighted by molar-refractivity contribution is 0.188. The van der Waals surface area contributed by atoms with Crippen molar-refractivity contribution in [3.8, 4) is 0 Å². The zero-order chi connectivity index (χ0) is 22.5. The number of piperidine rings is 1. The van der Waals surface area contributed by atoms with E-state index in [-0.39, 0.29) is 5.82 Å². The first-order chi connectivity index (χ1) is 15.5. The highest BCUT2D eigenvalue weighted by Crippen LogP contribution is 2.32. The third-order valence-electron chi connectivity index (χ3n) is 6.04. The molecule has 0 amide bonds. The number of aromatic nitrogens is 1. The summed E-state index contributed by atoms with van der Waals surface area (Å²) in [6, 6.07) is 15.5. The number of benzene rings is 2. The topological polar surface area (TPSA) is 32.0 Å². The van der Waals surface area contributed by atoms with Crippen molar-refractivity contribution in [1.29, 1.82) is 5.41 Å². The van der Waals surface area contributed by atoms with E-state index in [4.69, 9.17) is 17.0 Å². The molecule has 1 aliphatic rings. The van der Waals surface area contributed by atoms with Crippen LogP contribution >= 0.6 is 35.1 Å². The highest BCUT2D eigenvalue weighted by Gasteiger charge is 2.23. The molecule has 1 N–H and O–H groups in total. The summed E-state index contributed by atoms with van der Waals surface area (Å²) in [5.41, 5.74) is 2.46. The lowest BCUT2D eigenvalue weighted by atomic mass is 10.0. The summed E-state index contributed by atoms with van der Waals surface area (Å²) in [6.07, 6.45) is 4.31. The van der Waals surface area contributed by atoms with Crippen LogP contribution in [0.3, 0.4) is 0 Å². The minimum Gasteiger partial charge on any atom is -0.341 e. The molecule has 2 aromatic carbocycles. The average molecular weight is 490 g/mol. The first-order valence-corrected chi connectivity index (χ1v) is 13.4. The Balaban J connectivity index is 1.22. The molecule has 3 aromatic rings. The van der Waals surface area contributed by atoms with Gasteiger partial charge in [0.2, 0.25) is 0 Å². The molecule has 1 aromatic heterocycles. The number of thioether (sulfide) groups is 2. The second-order valence-electron chi connectivity index (χ2n) is 8.18. The number of halogens is 2. The van der Waals surface area contributed by atoms with Gasteiger partial charge in [-0.2, -0.15) is 0 Å². The van der Waals surface area contributed by atoms with E-state index in [2.05, 4.69) is 22.5 Å². The smallest absolute Gasteiger partial charge is 0.126 e. The van der Waals surface area contributed by atoms with E-state index in [9.17, 15) is 4.39 Å². The molecular formula is C25H29ClFN3S2. The number of rotatable bonds is 7. The zero-order valence-corrected chi connectivity index (χ0v) is 20.7. The number of hydrogen-bond donors (Lipinski definition) is 1. The van der Waals surface area contributed by atoms with Gasteiger partial charge in [0.1, 0.15) is 10.2 Å². The van der Waals surface area contributed by atoms with Crippen molar-refractivity contribution in [2.75, 3.05) is 25.4 Å². The molecule has 0 bridgehead atoms. The summed E-state index contributed by atoms with van der Waals surface area (Å²) in [4.78, 5) is 3.60. The van der Waals surface area contributed by atoms with Gasteiger partial charge in [0, 0.05) is 51.4 Å². The van der Waals surface area contributed by atoms with Crippen LogP contribution in [0.25, 0.3) is 10.9 Å². The Morgan fingerprint density at radius 1 is 1.12 bits per heavy atom. The Bertz CT molecular complexity index is 1060. The van der Waals surface area contributed by atoms with Crippen molar-refractivity contribution in [2.24, 2.45) is 0 Å². The Kier molecular flexibility index (Phi) is 8.22. The van der Waals surface area contributed by atoms with E-state index in [1.807, 2.05) is 30.3 Å². The quantitative estimate of drug-likeness (QED) is 0.161. The highest BCUT2D eigenvalue weighted by molar-refractivity contribution is 8.38. The van der Waals surface area contributed by atoms with Gasteiger partial charge in [-0.3, -0.25) is 5.41 Å². The Morgan fingerprint density at radius 2 is 1.88 bits per heavy atom. The fourth-order valence-corrected chi connectivity index (χ4v) is 6.31. The van der Waals surface area contributed by atoms with E-state index in [1.165, 1.54) is 17.5 Å². The van der Waals surface area contributed by atoms with Crippen LogP contribution in [0, 0.1) is 11.2 Å². The lowest BCUT2D eigenvalue weighted by Crippen LogP contribution is -2.35. The van der Waals surface area contributed by atoms with Crippen molar-refractivity contribution in [1.82, 2.24) is 9.47 Å². The molecule has 0 aliphatic carbocycles. The lowest BCUT2D eigenvalue weighted by Gasteiger charge is -2.34. The molecule has 7 heteroatoms. The minimum atomic E-state index is -0.162. The van der Waals surface area contributed by atoms with Crippen molar-refractivity contribution < 1.29 is 4.39 Å². The van der Waals surface area contributed by atoms with Crippen LogP contribution in [0.1, 0.15) is 37.9 Å². The molecule has 0 unspecified atom stereocenters. The van der Waals surface area contributed by atoms with Gasteiger partial charge in [-0.15, -0.1) is 0 Å². The van der Waals surface area contributed by atoms with Crippen LogP contribution in [0.15, 0.2) is 53.4 Å². The van der Waals surface area contributed by atoms with Gasteiger partial charge in [-0.1, -0.05) is 42.0 Å². The SMILES string of the molecule is CCc1cc2cc(F)ccc2n1C1CCN(CCCSC(=N)Sc2ccc(Cl)cc2)CC1. The van der Waals surface area contributed by atoms with Crippen LogP contribution in [-0.4, -0.2) is 39.2 Å². The minimum absolute atomic E-state index is 0.162. The predicted molar refractivity (Wildman–Crippen MR) is 138 cm³/mol. The largest absolute Gasteiger partial charge is 0.341 e. The fraction of sp³-hybridized carbons (Fsp3) is 0.400. The molecule has 4 rings (SSSR count). The third kappa shape index (κ3) is 5.90. The maximum Gasteiger partial charge on any atom is 0.126 e. The highest BCUT2D eigenvalue weighted by atomic mass is 35.5. The second kappa shape index (κ2) is 11.1. The number of aryl methyl sites for hydroxylation is 1. The molecule has 0 atom stereocenters. The van der Waals surface area contributed by atoms with Gasteiger partial charge < -0.3 is 9.47 Å². The Labute approximate surface area is 203 Å². The van der Waals surface area contributed by atoms with E-state index >= 15 is 0 Å². The summed E-state index contributed by atoms with van der Waals surface area (Å²) < 4.78 is 16.7. The van der Waals surface area contributed by atoms with Crippen LogP contribution in [0.5, 0.6) is 0 Å². The third-order valence-corrected chi connectivity index (χ3v) is 8.34. The van der Waals surface area contributed by atoms with E-state index < -0.39 is 0 Å². The van der Waals surface area contributed by atoms with Crippen LogP contribution < -0.4 is 0 Å². The average Bonchev–Trinajstić information content (AvgIpc) is 3.16. The molecule has 0 saturated carbocycles. The van der Waals surface area contributed by atoms with E-state index in [0.29, 0.717) is 10.4 Å². The first kappa shape index (κ1) is 23.7. The van der Waals surface area contributed by atoms with Gasteiger partial charge >= 0.3 is 0 Å². The maximum absolute atomic E-state index is 13.7.